The summed E-state index contributed by atoms with van der Waals surface area (Å²) < 4.78 is 51.6. The number of rotatable bonds is 9. The predicted molar refractivity (Wildman–Crippen MR) is 200 cm³/mol. The predicted octanol–water partition coefficient (Wildman–Crippen LogP) is 7.48. The van der Waals surface area contributed by atoms with Crippen molar-refractivity contribution in [2.45, 2.75) is 38.3 Å². The molecule has 9 nitrogen and oxygen atoms in total. The van der Waals surface area contributed by atoms with Gasteiger partial charge in [-0.25, -0.2) is 17.5 Å². The number of Topliss-reactive ketones (excluding diaryl/α,β-unsaturated/α-hetero) is 1. The molecular weight excluding hydrogens is 703 g/mol. The molecule has 0 unspecified atom stereocenters. The second-order valence-electron chi connectivity index (χ2n) is 13.6. The molecule has 0 bridgehead atoms. The summed E-state index contributed by atoms with van der Waals surface area (Å²) in [5.74, 6) is 1.30. The van der Waals surface area contributed by atoms with Crippen molar-refractivity contribution in [1.82, 2.24) is 14.7 Å². The summed E-state index contributed by atoms with van der Waals surface area (Å²) in [6, 6.07) is 23.3. The van der Waals surface area contributed by atoms with Gasteiger partial charge >= 0.3 is 0 Å². The van der Waals surface area contributed by atoms with Gasteiger partial charge in [-0.05, 0) is 91.1 Å². The van der Waals surface area contributed by atoms with Gasteiger partial charge in [-0.2, -0.15) is 5.10 Å². The lowest BCUT2D eigenvalue weighted by molar-refractivity contribution is 0.0827. The monoisotopic (exact) mass is 738 g/mol. The SMILES string of the molecule is Cc1cc(-n2ncc(C(=O)C3=Cc4cc(OC5CCN(C6CS(=O)(=O)C6)CC5)c(-c5ccccc5Cl)cc4C3)c2N)ccc1Oc1ccccc1F. The molecule has 0 spiro atoms. The highest BCUT2D eigenvalue weighted by atomic mass is 35.5. The molecule has 3 heterocycles. The van der Waals surface area contributed by atoms with Gasteiger partial charge in [0.25, 0.3) is 0 Å². The van der Waals surface area contributed by atoms with Crippen LogP contribution in [0.1, 0.15) is 39.9 Å². The van der Waals surface area contributed by atoms with Crippen molar-refractivity contribution < 1.29 is 27.1 Å². The van der Waals surface area contributed by atoms with Gasteiger partial charge in [0.2, 0.25) is 0 Å². The maximum atomic E-state index is 14.2. The number of benzene rings is 4. The zero-order valence-electron chi connectivity index (χ0n) is 28.4. The normalized spacial score (nSPS) is 17.3. The number of aryl methyl sites for hydroxylation is 1. The van der Waals surface area contributed by atoms with E-state index in [1.807, 2.05) is 49.4 Å². The summed E-state index contributed by atoms with van der Waals surface area (Å²) in [5.41, 5.74) is 12.3. The Bertz CT molecular complexity index is 2360. The molecule has 0 atom stereocenters. The first-order valence-corrected chi connectivity index (χ1v) is 19.4. The molecule has 1 aromatic heterocycles. The topological polar surface area (TPSA) is 117 Å². The van der Waals surface area contributed by atoms with Crippen molar-refractivity contribution in [3.63, 3.8) is 0 Å². The average molecular weight is 739 g/mol. The van der Waals surface area contributed by atoms with E-state index in [0.717, 1.165) is 53.7 Å². The quantitative estimate of drug-likeness (QED) is 0.155. The number of nitrogen functional groups attached to an aromatic ring is 1. The Kier molecular flexibility index (Phi) is 8.89. The van der Waals surface area contributed by atoms with E-state index in [-0.39, 0.29) is 46.6 Å². The number of allylic oxidation sites excluding steroid dienone is 1. The Balaban J connectivity index is 1.02. The smallest absolute Gasteiger partial charge is 0.194 e. The van der Waals surface area contributed by atoms with Crippen molar-refractivity contribution in [2.24, 2.45) is 0 Å². The van der Waals surface area contributed by atoms with Crippen molar-refractivity contribution in [3.8, 4) is 34.1 Å². The Morgan fingerprint density at radius 1 is 0.942 bits per heavy atom. The number of piperidine rings is 1. The summed E-state index contributed by atoms with van der Waals surface area (Å²) in [4.78, 5) is 16.2. The van der Waals surface area contributed by atoms with E-state index in [2.05, 4.69) is 16.1 Å². The Labute approximate surface area is 306 Å². The molecule has 3 aliphatic rings. The number of nitrogens with zero attached hydrogens (tertiary/aromatic N) is 3. The lowest BCUT2D eigenvalue weighted by Crippen LogP contribution is -2.56. The molecule has 266 valence electrons. The Morgan fingerprint density at radius 2 is 1.69 bits per heavy atom. The van der Waals surface area contributed by atoms with Gasteiger partial charge in [0.15, 0.2) is 27.2 Å². The number of hydrogen-bond donors (Lipinski definition) is 1. The lowest BCUT2D eigenvalue weighted by Gasteiger charge is -2.41. The minimum atomic E-state index is -2.88. The van der Waals surface area contributed by atoms with Crippen LogP contribution in [0.25, 0.3) is 22.9 Å². The molecule has 0 amide bonds. The highest BCUT2D eigenvalue weighted by molar-refractivity contribution is 7.92. The number of ether oxygens (including phenoxy) is 2. The van der Waals surface area contributed by atoms with Crippen LogP contribution in [0, 0.1) is 12.7 Å². The summed E-state index contributed by atoms with van der Waals surface area (Å²) in [7, 11) is -2.88. The fourth-order valence-corrected chi connectivity index (χ4v) is 8.96. The summed E-state index contributed by atoms with van der Waals surface area (Å²) >= 11 is 6.69. The number of fused-ring (bicyclic) bond motifs is 1. The van der Waals surface area contributed by atoms with E-state index in [1.165, 1.54) is 16.9 Å². The highest BCUT2D eigenvalue weighted by Gasteiger charge is 2.39. The van der Waals surface area contributed by atoms with Crippen LogP contribution in [-0.4, -0.2) is 65.6 Å². The summed E-state index contributed by atoms with van der Waals surface area (Å²) in [6.07, 6.45) is 5.28. The van der Waals surface area contributed by atoms with E-state index in [9.17, 15) is 17.6 Å². The van der Waals surface area contributed by atoms with Gasteiger partial charge in [-0.3, -0.25) is 9.69 Å². The standard InChI is InChI=1S/C40H36ClFN4O5S/c1-24-16-28(10-11-36(24)51-37-9-5-4-8-35(37)42)46-40(43)33(21-44-46)39(47)27-17-25-19-32(31-6-2-3-7-34(31)41)38(20-26(25)18-27)50-30-12-14-45(15-13-30)29-22-52(48,49)23-29/h2-11,16,18-21,29-30H,12-15,17,22-23,43H2,1H3. The number of likely N-dealkylation sites (tertiary alicyclic amines) is 1. The van der Waals surface area contributed by atoms with Gasteiger partial charge in [0.05, 0.1) is 29.0 Å². The van der Waals surface area contributed by atoms with Crippen LogP contribution in [-0.2, 0) is 16.3 Å². The number of hydrogen-bond acceptors (Lipinski definition) is 8. The van der Waals surface area contributed by atoms with E-state index >= 15 is 0 Å². The number of sulfone groups is 1. The number of halogens is 2. The number of para-hydroxylation sites is 1. The average Bonchev–Trinajstić information content (AvgIpc) is 3.72. The molecule has 4 aromatic carbocycles. The van der Waals surface area contributed by atoms with Gasteiger partial charge in [-0.1, -0.05) is 41.9 Å². The van der Waals surface area contributed by atoms with Gasteiger partial charge in [0.1, 0.15) is 23.4 Å². The number of carbonyl (C=O) groups excluding carboxylic acids is 1. The van der Waals surface area contributed by atoms with Crippen molar-refractivity contribution in [3.05, 3.63) is 124 Å². The Morgan fingerprint density at radius 3 is 2.42 bits per heavy atom. The molecule has 2 aliphatic heterocycles. The third kappa shape index (κ3) is 6.60. The molecule has 5 aromatic rings. The third-order valence-electron chi connectivity index (χ3n) is 10.1. The number of carbonyl (C=O) groups is 1. The zero-order chi connectivity index (χ0) is 36.1. The summed E-state index contributed by atoms with van der Waals surface area (Å²) in [5, 5.41) is 5.04. The van der Waals surface area contributed by atoms with Crippen LogP contribution in [0.4, 0.5) is 10.2 Å². The third-order valence-corrected chi connectivity index (χ3v) is 12.2. The fourth-order valence-electron chi connectivity index (χ4n) is 7.23. The highest BCUT2D eigenvalue weighted by Crippen LogP contribution is 2.42. The van der Waals surface area contributed by atoms with Crippen LogP contribution in [0.3, 0.4) is 0 Å². The number of nitrogens with two attached hydrogens (primary N) is 1. The first-order valence-electron chi connectivity index (χ1n) is 17.2. The van der Waals surface area contributed by atoms with Crippen molar-refractivity contribution in [1.29, 1.82) is 0 Å². The minimum Gasteiger partial charge on any atom is -0.490 e. The first-order chi connectivity index (χ1) is 25.0. The van der Waals surface area contributed by atoms with Crippen LogP contribution in [0.15, 0.2) is 90.6 Å². The summed E-state index contributed by atoms with van der Waals surface area (Å²) in [6.45, 7) is 3.39. The van der Waals surface area contributed by atoms with E-state index in [0.29, 0.717) is 34.2 Å². The van der Waals surface area contributed by atoms with Crippen molar-refractivity contribution >= 4 is 39.1 Å². The number of aromatic nitrogens is 2. The molecule has 2 fully saturated rings. The zero-order valence-corrected chi connectivity index (χ0v) is 30.0. The van der Waals surface area contributed by atoms with Crippen molar-refractivity contribution in [2.75, 3.05) is 30.3 Å². The van der Waals surface area contributed by atoms with Gasteiger partial charge in [0, 0.05) is 47.3 Å². The van der Waals surface area contributed by atoms with E-state index < -0.39 is 15.7 Å². The largest absolute Gasteiger partial charge is 0.490 e. The molecule has 2 saturated heterocycles. The lowest BCUT2D eigenvalue weighted by atomic mass is 9.97. The molecule has 12 heteroatoms. The van der Waals surface area contributed by atoms with Gasteiger partial charge in [-0.15, -0.1) is 0 Å². The first kappa shape index (κ1) is 34.1. The maximum absolute atomic E-state index is 14.2. The number of anilines is 1. The molecular formula is C40H36ClFN4O5S. The van der Waals surface area contributed by atoms with E-state index in [4.69, 9.17) is 26.8 Å². The molecule has 0 saturated carbocycles. The maximum Gasteiger partial charge on any atom is 0.194 e. The van der Waals surface area contributed by atoms with Crippen LogP contribution in [0.5, 0.6) is 17.2 Å². The molecule has 52 heavy (non-hydrogen) atoms. The minimum absolute atomic E-state index is 0.0480. The Hall–Kier alpha value is -4.97. The number of ketones is 1. The van der Waals surface area contributed by atoms with E-state index in [1.54, 1.807) is 30.3 Å². The molecule has 2 N–H and O–H groups in total. The van der Waals surface area contributed by atoms with Crippen LogP contribution >= 0.6 is 11.6 Å². The second-order valence-corrected chi connectivity index (χ2v) is 16.2. The van der Waals surface area contributed by atoms with Gasteiger partial charge < -0.3 is 15.2 Å². The van der Waals surface area contributed by atoms with Crippen LogP contribution < -0.4 is 15.2 Å². The van der Waals surface area contributed by atoms with Crippen LogP contribution in [0.2, 0.25) is 5.02 Å². The molecule has 1 aliphatic carbocycles. The fraction of sp³-hybridized carbons (Fsp3) is 0.250. The molecule has 8 rings (SSSR count). The molecule has 0 radical (unpaired) electrons. The second kappa shape index (κ2) is 13.5.